The first-order valence-electron chi connectivity index (χ1n) is 8.28. The van der Waals surface area contributed by atoms with Gasteiger partial charge in [-0.3, -0.25) is 0 Å². The van der Waals surface area contributed by atoms with Crippen molar-refractivity contribution in [3.63, 3.8) is 0 Å². The average Bonchev–Trinajstić information content (AvgIpc) is 3.28. The molecule has 0 bridgehead atoms. The molecule has 128 valence electrons. The molecule has 5 heterocycles. The third-order valence-corrected chi connectivity index (χ3v) is 5.21. The Hall–Kier alpha value is -2.84. The van der Waals surface area contributed by atoms with Crippen molar-refractivity contribution in [3.05, 3.63) is 31.0 Å². The zero-order chi connectivity index (χ0) is 17.0. The molecule has 0 saturated carbocycles. The van der Waals surface area contributed by atoms with E-state index in [1.165, 1.54) is 12.5 Å². The van der Waals surface area contributed by atoms with Gasteiger partial charge < -0.3 is 14.4 Å². The summed E-state index contributed by atoms with van der Waals surface area (Å²) in [6.45, 7) is 3.37. The van der Waals surface area contributed by atoms with Gasteiger partial charge in [0.25, 0.3) is 0 Å². The molecule has 0 radical (unpaired) electrons. The SMILES string of the molecule is Cn1cnc2c(N3CC4CN(c5ncncc5F)CC4C3)ncnc21. The number of aryl methyl sites for hydroxylation is 1. The Morgan fingerprint density at radius 2 is 1.60 bits per heavy atom. The van der Waals surface area contributed by atoms with Crippen molar-refractivity contribution in [1.82, 2.24) is 29.5 Å². The smallest absolute Gasteiger partial charge is 0.183 e. The molecule has 25 heavy (non-hydrogen) atoms. The van der Waals surface area contributed by atoms with Gasteiger partial charge in [0.1, 0.15) is 12.7 Å². The van der Waals surface area contributed by atoms with Crippen molar-refractivity contribution in [2.75, 3.05) is 36.0 Å². The Morgan fingerprint density at radius 3 is 2.32 bits per heavy atom. The van der Waals surface area contributed by atoms with Gasteiger partial charge in [-0.15, -0.1) is 0 Å². The zero-order valence-corrected chi connectivity index (χ0v) is 13.7. The fourth-order valence-electron chi connectivity index (χ4n) is 4.04. The first-order valence-corrected chi connectivity index (χ1v) is 8.28. The number of hydrogen-bond donors (Lipinski definition) is 0. The summed E-state index contributed by atoms with van der Waals surface area (Å²) in [5.41, 5.74) is 1.68. The standard InChI is InChI=1S/C16H17FN8/c1-23-9-22-13-15(23)20-8-21-16(13)25-5-10-3-24(4-11(10)6-25)14-12(17)2-18-7-19-14/h2,7-11H,3-6H2,1H3. The summed E-state index contributed by atoms with van der Waals surface area (Å²) in [5, 5.41) is 0. The van der Waals surface area contributed by atoms with E-state index >= 15 is 0 Å². The van der Waals surface area contributed by atoms with Gasteiger partial charge in [-0.05, 0) is 0 Å². The second-order valence-electron chi connectivity index (χ2n) is 6.75. The third kappa shape index (κ3) is 2.22. The molecule has 9 heteroatoms. The van der Waals surface area contributed by atoms with Gasteiger partial charge in [0.05, 0.1) is 12.5 Å². The number of imidazole rings is 1. The van der Waals surface area contributed by atoms with Crippen LogP contribution in [-0.4, -0.2) is 55.7 Å². The molecule has 3 aromatic heterocycles. The van der Waals surface area contributed by atoms with Gasteiger partial charge in [-0.1, -0.05) is 0 Å². The average molecular weight is 340 g/mol. The van der Waals surface area contributed by atoms with Crippen LogP contribution in [0.2, 0.25) is 0 Å². The summed E-state index contributed by atoms with van der Waals surface area (Å²) in [5.74, 6) is 1.86. The maximum atomic E-state index is 13.9. The molecule has 3 aromatic rings. The van der Waals surface area contributed by atoms with Crippen LogP contribution in [-0.2, 0) is 7.05 Å². The van der Waals surface area contributed by atoms with Crippen LogP contribution in [0.1, 0.15) is 0 Å². The number of nitrogens with zero attached hydrogens (tertiary/aromatic N) is 8. The maximum Gasteiger partial charge on any atom is 0.183 e. The Balaban J connectivity index is 1.38. The molecule has 5 rings (SSSR count). The molecule has 2 aliphatic heterocycles. The van der Waals surface area contributed by atoms with Crippen LogP contribution >= 0.6 is 0 Å². The molecule has 0 spiro atoms. The van der Waals surface area contributed by atoms with Crippen LogP contribution in [0.3, 0.4) is 0 Å². The lowest BCUT2D eigenvalue weighted by atomic mass is 10.0. The van der Waals surface area contributed by atoms with E-state index < -0.39 is 0 Å². The second-order valence-corrected chi connectivity index (χ2v) is 6.75. The molecule has 2 fully saturated rings. The maximum absolute atomic E-state index is 13.9. The number of halogens is 1. The first-order chi connectivity index (χ1) is 12.2. The van der Waals surface area contributed by atoms with E-state index in [4.69, 9.17) is 0 Å². The topological polar surface area (TPSA) is 75.9 Å². The highest BCUT2D eigenvalue weighted by Gasteiger charge is 2.42. The van der Waals surface area contributed by atoms with E-state index in [0.29, 0.717) is 17.7 Å². The molecule has 0 amide bonds. The highest BCUT2D eigenvalue weighted by atomic mass is 19.1. The van der Waals surface area contributed by atoms with Crippen LogP contribution < -0.4 is 9.80 Å². The highest BCUT2D eigenvalue weighted by molar-refractivity contribution is 5.83. The molecule has 2 atom stereocenters. The van der Waals surface area contributed by atoms with Gasteiger partial charge in [0.2, 0.25) is 0 Å². The Morgan fingerprint density at radius 1 is 0.920 bits per heavy atom. The Labute approximate surface area is 143 Å². The predicted octanol–water partition coefficient (Wildman–Crippen LogP) is 0.865. The fraction of sp³-hybridized carbons (Fsp3) is 0.438. The van der Waals surface area contributed by atoms with Crippen molar-refractivity contribution in [2.24, 2.45) is 18.9 Å². The van der Waals surface area contributed by atoms with Crippen molar-refractivity contribution in [2.45, 2.75) is 0 Å². The van der Waals surface area contributed by atoms with E-state index in [1.54, 1.807) is 12.7 Å². The van der Waals surface area contributed by atoms with Gasteiger partial charge in [0, 0.05) is 45.1 Å². The summed E-state index contributed by atoms with van der Waals surface area (Å²) < 4.78 is 15.8. The predicted molar refractivity (Wildman–Crippen MR) is 89.7 cm³/mol. The van der Waals surface area contributed by atoms with Crippen LogP contribution in [0.5, 0.6) is 0 Å². The Kier molecular flexibility index (Phi) is 3.09. The molecule has 2 unspecified atom stereocenters. The largest absolute Gasteiger partial charge is 0.354 e. The van der Waals surface area contributed by atoms with Crippen LogP contribution in [0.25, 0.3) is 11.2 Å². The summed E-state index contributed by atoms with van der Waals surface area (Å²) >= 11 is 0. The minimum Gasteiger partial charge on any atom is -0.354 e. The summed E-state index contributed by atoms with van der Waals surface area (Å²) in [6.07, 6.45) is 5.98. The van der Waals surface area contributed by atoms with Crippen LogP contribution in [0, 0.1) is 17.7 Å². The molecular formula is C16H17FN8. The molecule has 2 aliphatic rings. The lowest BCUT2D eigenvalue weighted by Crippen LogP contribution is -2.30. The normalized spacial score (nSPS) is 22.8. The quantitative estimate of drug-likeness (QED) is 0.685. The summed E-state index contributed by atoms with van der Waals surface area (Å²) in [7, 11) is 1.93. The van der Waals surface area contributed by atoms with Gasteiger partial charge in [0.15, 0.2) is 28.6 Å². The molecule has 8 nitrogen and oxygen atoms in total. The van der Waals surface area contributed by atoms with Crippen molar-refractivity contribution < 1.29 is 4.39 Å². The zero-order valence-electron chi connectivity index (χ0n) is 13.7. The number of fused-ring (bicyclic) bond motifs is 2. The summed E-state index contributed by atoms with van der Waals surface area (Å²) in [6, 6.07) is 0. The number of aromatic nitrogens is 6. The molecule has 0 N–H and O–H groups in total. The molecule has 0 aromatic carbocycles. The van der Waals surface area contributed by atoms with E-state index in [2.05, 4.69) is 29.8 Å². The number of anilines is 2. The van der Waals surface area contributed by atoms with Crippen LogP contribution in [0.15, 0.2) is 25.2 Å². The lowest BCUT2D eigenvalue weighted by Gasteiger charge is -2.23. The number of hydrogen-bond acceptors (Lipinski definition) is 7. The minimum absolute atomic E-state index is 0.356. The third-order valence-electron chi connectivity index (χ3n) is 5.21. The van der Waals surface area contributed by atoms with Gasteiger partial charge in [-0.2, -0.15) is 0 Å². The molecule has 0 aliphatic carbocycles. The number of rotatable bonds is 2. The van der Waals surface area contributed by atoms with Crippen molar-refractivity contribution in [3.8, 4) is 0 Å². The summed E-state index contributed by atoms with van der Waals surface area (Å²) in [4.78, 5) is 25.4. The van der Waals surface area contributed by atoms with Crippen LogP contribution in [0.4, 0.5) is 16.0 Å². The molecule has 2 saturated heterocycles. The van der Waals surface area contributed by atoms with Gasteiger partial charge in [-0.25, -0.2) is 29.3 Å². The monoisotopic (exact) mass is 340 g/mol. The van der Waals surface area contributed by atoms with E-state index in [9.17, 15) is 4.39 Å². The fourth-order valence-corrected chi connectivity index (χ4v) is 4.04. The van der Waals surface area contributed by atoms with Crippen molar-refractivity contribution >= 4 is 22.8 Å². The first kappa shape index (κ1) is 14.5. The molecular weight excluding hydrogens is 323 g/mol. The lowest BCUT2D eigenvalue weighted by molar-refractivity contribution is 0.533. The minimum atomic E-state index is -0.356. The van der Waals surface area contributed by atoms with Gasteiger partial charge >= 0.3 is 0 Å². The van der Waals surface area contributed by atoms with E-state index in [-0.39, 0.29) is 5.82 Å². The highest BCUT2D eigenvalue weighted by Crippen LogP contribution is 2.36. The Bertz CT molecular complexity index is 927. The van der Waals surface area contributed by atoms with E-state index in [0.717, 1.165) is 43.2 Å². The van der Waals surface area contributed by atoms with Crippen molar-refractivity contribution in [1.29, 1.82) is 0 Å². The van der Waals surface area contributed by atoms with E-state index in [1.807, 2.05) is 16.5 Å². The second kappa shape index (κ2) is 5.33.